The summed E-state index contributed by atoms with van der Waals surface area (Å²) in [5, 5.41) is 8.99. The van der Waals surface area contributed by atoms with Gasteiger partial charge >= 0.3 is 5.97 Å². The largest absolute Gasteiger partial charge is 0.481 e. The number of carboxylic acids is 1. The molecule has 0 aromatic carbocycles. The summed E-state index contributed by atoms with van der Waals surface area (Å²) in [5.74, 6) is 0.797. The molecule has 1 N–H and O–H groups in total. The van der Waals surface area contributed by atoms with E-state index in [-0.39, 0.29) is 5.92 Å². The zero-order valence-electron chi connectivity index (χ0n) is 10.2. The van der Waals surface area contributed by atoms with Gasteiger partial charge in [0, 0.05) is 31.0 Å². The second-order valence-electron chi connectivity index (χ2n) is 5.86. The Bertz CT molecular complexity index is 287. The number of rotatable bonds is 2. The lowest BCUT2D eigenvalue weighted by Gasteiger charge is -2.33. The number of hydrogen-bond acceptors (Lipinski definition) is 3. The minimum atomic E-state index is -0.602. The van der Waals surface area contributed by atoms with E-state index in [1.165, 1.54) is 13.1 Å². The summed E-state index contributed by atoms with van der Waals surface area (Å²) in [4.78, 5) is 13.5. The molecule has 0 spiro atoms. The van der Waals surface area contributed by atoms with E-state index in [0.29, 0.717) is 6.04 Å². The molecule has 0 radical (unpaired) electrons. The molecular formula is C13H21NO3. The SMILES string of the molecule is O=C(O)C1CCC(N2C[C@@H]3COC[C@H]3C2)CC1. The Morgan fingerprint density at radius 1 is 1.06 bits per heavy atom. The predicted octanol–water partition coefficient (Wildman–Crippen LogP) is 1.21. The molecule has 2 saturated heterocycles. The van der Waals surface area contributed by atoms with Crippen LogP contribution in [0.4, 0.5) is 0 Å². The first kappa shape index (κ1) is 11.5. The Kier molecular flexibility index (Phi) is 3.09. The topological polar surface area (TPSA) is 49.8 Å². The van der Waals surface area contributed by atoms with Gasteiger partial charge in [-0.1, -0.05) is 0 Å². The van der Waals surface area contributed by atoms with Crippen molar-refractivity contribution < 1.29 is 14.6 Å². The van der Waals surface area contributed by atoms with E-state index >= 15 is 0 Å². The van der Waals surface area contributed by atoms with Crippen LogP contribution in [0.3, 0.4) is 0 Å². The molecule has 17 heavy (non-hydrogen) atoms. The first-order valence-corrected chi connectivity index (χ1v) is 6.78. The van der Waals surface area contributed by atoms with E-state index in [2.05, 4.69) is 4.90 Å². The molecule has 0 bridgehead atoms. The average Bonchev–Trinajstić information content (AvgIpc) is 2.89. The minimum Gasteiger partial charge on any atom is -0.481 e. The molecule has 0 unspecified atom stereocenters. The second-order valence-corrected chi connectivity index (χ2v) is 5.86. The number of nitrogens with zero attached hydrogens (tertiary/aromatic N) is 1. The molecule has 1 saturated carbocycles. The van der Waals surface area contributed by atoms with Crippen molar-refractivity contribution in [2.75, 3.05) is 26.3 Å². The van der Waals surface area contributed by atoms with Crippen LogP contribution >= 0.6 is 0 Å². The van der Waals surface area contributed by atoms with Crippen LogP contribution in [-0.2, 0) is 9.53 Å². The molecular weight excluding hydrogens is 218 g/mol. The summed E-state index contributed by atoms with van der Waals surface area (Å²) in [7, 11) is 0. The van der Waals surface area contributed by atoms with Gasteiger partial charge in [-0.25, -0.2) is 0 Å². The molecule has 2 atom stereocenters. The van der Waals surface area contributed by atoms with E-state index in [1.54, 1.807) is 0 Å². The Morgan fingerprint density at radius 3 is 2.18 bits per heavy atom. The summed E-state index contributed by atoms with van der Waals surface area (Å²) in [6.45, 7) is 4.22. The number of ether oxygens (including phenoxy) is 1. The minimum absolute atomic E-state index is 0.0864. The molecule has 3 rings (SSSR count). The lowest BCUT2D eigenvalue weighted by atomic mass is 9.85. The summed E-state index contributed by atoms with van der Waals surface area (Å²) in [5.41, 5.74) is 0. The maximum absolute atomic E-state index is 10.9. The van der Waals surface area contributed by atoms with Gasteiger partial charge in [-0.3, -0.25) is 9.69 Å². The molecule has 0 aromatic rings. The molecule has 3 fully saturated rings. The van der Waals surface area contributed by atoms with E-state index < -0.39 is 5.97 Å². The average molecular weight is 239 g/mol. The molecule has 2 heterocycles. The number of aliphatic carboxylic acids is 1. The highest BCUT2D eigenvalue weighted by Gasteiger charge is 2.40. The third-order valence-electron chi connectivity index (χ3n) is 4.83. The van der Waals surface area contributed by atoms with Crippen molar-refractivity contribution in [1.82, 2.24) is 4.90 Å². The first-order chi connectivity index (χ1) is 8.24. The lowest BCUT2D eigenvalue weighted by Crippen LogP contribution is -2.38. The van der Waals surface area contributed by atoms with Crippen molar-refractivity contribution in [3.8, 4) is 0 Å². The van der Waals surface area contributed by atoms with Gasteiger partial charge in [-0.15, -0.1) is 0 Å². The Hall–Kier alpha value is -0.610. The van der Waals surface area contributed by atoms with E-state index in [0.717, 1.165) is 50.7 Å². The first-order valence-electron chi connectivity index (χ1n) is 6.78. The van der Waals surface area contributed by atoms with Gasteiger partial charge in [0.05, 0.1) is 19.1 Å². The predicted molar refractivity (Wildman–Crippen MR) is 62.8 cm³/mol. The van der Waals surface area contributed by atoms with Crippen LogP contribution in [-0.4, -0.2) is 48.3 Å². The van der Waals surface area contributed by atoms with Crippen molar-refractivity contribution in [2.45, 2.75) is 31.7 Å². The van der Waals surface area contributed by atoms with Gasteiger partial charge in [0.1, 0.15) is 0 Å². The Morgan fingerprint density at radius 2 is 1.65 bits per heavy atom. The van der Waals surface area contributed by atoms with Gasteiger partial charge in [0.2, 0.25) is 0 Å². The molecule has 3 aliphatic rings. The zero-order valence-corrected chi connectivity index (χ0v) is 10.2. The number of likely N-dealkylation sites (tertiary alicyclic amines) is 1. The fraction of sp³-hybridized carbons (Fsp3) is 0.923. The van der Waals surface area contributed by atoms with Gasteiger partial charge < -0.3 is 9.84 Å². The van der Waals surface area contributed by atoms with Crippen LogP contribution in [0.25, 0.3) is 0 Å². The monoisotopic (exact) mass is 239 g/mol. The van der Waals surface area contributed by atoms with Crippen molar-refractivity contribution in [3.05, 3.63) is 0 Å². The maximum Gasteiger partial charge on any atom is 0.306 e. The van der Waals surface area contributed by atoms with Crippen LogP contribution in [0.2, 0.25) is 0 Å². The van der Waals surface area contributed by atoms with Crippen LogP contribution < -0.4 is 0 Å². The van der Waals surface area contributed by atoms with Gasteiger partial charge in [-0.2, -0.15) is 0 Å². The van der Waals surface area contributed by atoms with Crippen LogP contribution in [0.15, 0.2) is 0 Å². The van der Waals surface area contributed by atoms with E-state index in [1.807, 2.05) is 0 Å². The number of fused-ring (bicyclic) bond motifs is 1. The number of carboxylic acid groups (broad SMARTS) is 1. The molecule has 1 aliphatic carbocycles. The normalized spacial score (nSPS) is 42.6. The second kappa shape index (κ2) is 4.58. The van der Waals surface area contributed by atoms with E-state index in [4.69, 9.17) is 9.84 Å². The van der Waals surface area contributed by atoms with Crippen LogP contribution in [0.1, 0.15) is 25.7 Å². The highest BCUT2D eigenvalue weighted by molar-refractivity contribution is 5.70. The van der Waals surface area contributed by atoms with Crippen molar-refractivity contribution in [2.24, 2.45) is 17.8 Å². The summed E-state index contributed by atoms with van der Waals surface area (Å²) < 4.78 is 5.49. The molecule has 96 valence electrons. The number of carbonyl (C=O) groups is 1. The van der Waals surface area contributed by atoms with Gasteiger partial charge in [0.25, 0.3) is 0 Å². The smallest absolute Gasteiger partial charge is 0.306 e. The molecule has 2 aliphatic heterocycles. The standard InChI is InChI=1S/C13H21NO3/c15-13(16)9-1-3-12(4-2-9)14-5-10-7-17-8-11(10)6-14/h9-12H,1-8H2,(H,15,16)/t9?,10-,11-,12?/m1/s1. The maximum atomic E-state index is 10.9. The van der Waals surface area contributed by atoms with Crippen LogP contribution in [0, 0.1) is 17.8 Å². The van der Waals surface area contributed by atoms with E-state index in [9.17, 15) is 4.79 Å². The van der Waals surface area contributed by atoms with Crippen molar-refractivity contribution in [1.29, 1.82) is 0 Å². The molecule has 0 aromatic heterocycles. The van der Waals surface area contributed by atoms with Gasteiger partial charge in [0.15, 0.2) is 0 Å². The highest BCUT2D eigenvalue weighted by Crippen LogP contribution is 2.35. The van der Waals surface area contributed by atoms with Crippen molar-refractivity contribution >= 4 is 5.97 Å². The van der Waals surface area contributed by atoms with Gasteiger partial charge in [-0.05, 0) is 25.7 Å². The third-order valence-corrected chi connectivity index (χ3v) is 4.83. The highest BCUT2D eigenvalue weighted by atomic mass is 16.5. The molecule has 0 amide bonds. The lowest BCUT2D eigenvalue weighted by molar-refractivity contribution is -0.143. The molecule has 4 nitrogen and oxygen atoms in total. The fourth-order valence-corrected chi connectivity index (χ4v) is 3.71. The number of hydrogen-bond donors (Lipinski definition) is 1. The molecule has 4 heteroatoms. The zero-order chi connectivity index (χ0) is 11.8. The summed E-state index contributed by atoms with van der Waals surface area (Å²) >= 11 is 0. The Balaban J connectivity index is 1.52. The Labute approximate surface area is 102 Å². The quantitative estimate of drug-likeness (QED) is 0.787. The van der Waals surface area contributed by atoms with Crippen LogP contribution in [0.5, 0.6) is 0 Å². The van der Waals surface area contributed by atoms with Crippen molar-refractivity contribution in [3.63, 3.8) is 0 Å². The fourth-order valence-electron chi connectivity index (χ4n) is 3.71. The third kappa shape index (κ3) is 2.20. The summed E-state index contributed by atoms with van der Waals surface area (Å²) in [6.07, 6.45) is 3.86. The summed E-state index contributed by atoms with van der Waals surface area (Å²) in [6, 6.07) is 0.635.